The van der Waals surface area contributed by atoms with Crippen molar-refractivity contribution in [2.45, 2.75) is 6.61 Å². The number of fused-ring (bicyclic) bond motifs is 1. The summed E-state index contributed by atoms with van der Waals surface area (Å²) in [7, 11) is 0. The molecule has 2 heteroatoms. The van der Waals surface area contributed by atoms with Gasteiger partial charge in [-0.25, -0.2) is 0 Å². The van der Waals surface area contributed by atoms with Crippen LogP contribution in [0.3, 0.4) is 0 Å². The van der Waals surface area contributed by atoms with E-state index in [0.29, 0.717) is 12.2 Å². The van der Waals surface area contributed by atoms with Gasteiger partial charge in [0, 0.05) is 11.1 Å². The second-order valence-electron chi connectivity index (χ2n) is 2.27. The molecule has 10 heavy (non-hydrogen) atoms. The van der Waals surface area contributed by atoms with Gasteiger partial charge in [0.1, 0.15) is 18.6 Å². The molecule has 1 aliphatic rings. The first kappa shape index (κ1) is 5.47. The van der Waals surface area contributed by atoms with Crippen LogP contribution < -0.4 is 4.74 Å². The van der Waals surface area contributed by atoms with Gasteiger partial charge < -0.3 is 4.74 Å². The van der Waals surface area contributed by atoms with Gasteiger partial charge in [-0.3, -0.25) is 4.79 Å². The Labute approximate surface area is 58.4 Å². The molecule has 0 aromatic heterocycles. The number of ether oxygens (including phenoxy) is 1. The monoisotopic (exact) mass is 134 g/mol. The van der Waals surface area contributed by atoms with E-state index in [1.165, 1.54) is 5.56 Å². The summed E-state index contributed by atoms with van der Waals surface area (Å²) in [5.41, 5.74) is 1.86. The highest BCUT2D eigenvalue weighted by Gasteiger charge is 2.13. The third kappa shape index (κ3) is 0.620. The van der Waals surface area contributed by atoms with Crippen molar-refractivity contribution >= 4 is 6.29 Å². The van der Waals surface area contributed by atoms with Gasteiger partial charge in [0.05, 0.1) is 0 Å². The first-order valence-corrected chi connectivity index (χ1v) is 3.11. The zero-order chi connectivity index (χ0) is 6.97. The maximum atomic E-state index is 10.2. The topological polar surface area (TPSA) is 26.3 Å². The van der Waals surface area contributed by atoms with Gasteiger partial charge in [0.25, 0.3) is 0 Å². The Hall–Kier alpha value is -1.31. The highest BCUT2D eigenvalue weighted by molar-refractivity contribution is 5.76. The van der Waals surface area contributed by atoms with Gasteiger partial charge >= 0.3 is 0 Å². The van der Waals surface area contributed by atoms with Crippen molar-refractivity contribution in [3.63, 3.8) is 0 Å². The molecule has 0 unspecified atom stereocenters. The van der Waals surface area contributed by atoms with Gasteiger partial charge in [-0.05, 0) is 6.07 Å². The fraction of sp³-hybridized carbons (Fsp3) is 0.125. The normalized spacial score (nSPS) is 12.8. The maximum absolute atomic E-state index is 10.2. The summed E-state index contributed by atoms with van der Waals surface area (Å²) in [5.74, 6) is 0.851. The van der Waals surface area contributed by atoms with Crippen LogP contribution in [0.25, 0.3) is 0 Å². The largest absolute Gasteiger partial charge is 0.488 e. The lowest BCUT2D eigenvalue weighted by Gasteiger charge is -2.19. The molecule has 1 heterocycles. The van der Waals surface area contributed by atoms with Crippen LogP contribution in [0.1, 0.15) is 15.9 Å². The zero-order valence-electron chi connectivity index (χ0n) is 5.33. The van der Waals surface area contributed by atoms with Crippen LogP contribution in [0.2, 0.25) is 0 Å². The number of carbonyl (C=O) groups is 1. The Morgan fingerprint density at radius 3 is 2.90 bits per heavy atom. The number of hydrogen-bond donors (Lipinski definition) is 0. The SMILES string of the molecule is O=Cc1ccc2c(c1)OC2. The highest BCUT2D eigenvalue weighted by Crippen LogP contribution is 2.28. The lowest BCUT2D eigenvalue weighted by Crippen LogP contribution is -2.09. The van der Waals surface area contributed by atoms with Crippen LogP contribution in [0, 0.1) is 0 Å². The van der Waals surface area contributed by atoms with Crippen LogP contribution in [0.4, 0.5) is 0 Å². The fourth-order valence-corrected chi connectivity index (χ4v) is 0.973. The number of carbonyl (C=O) groups excluding carboxylic acids is 1. The summed E-state index contributed by atoms with van der Waals surface area (Å²) in [6.45, 7) is 0.689. The standard InChI is InChI=1S/C8H6O2/c9-4-6-1-2-7-5-10-8(7)3-6/h1-4H,5H2. The molecule has 0 bridgehead atoms. The Bertz CT molecular complexity index is 279. The van der Waals surface area contributed by atoms with Crippen LogP contribution in [-0.2, 0) is 6.61 Å². The fourth-order valence-electron chi connectivity index (χ4n) is 0.973. The highest BCUT2D eigenvalue weighted by atomic mass is 16.5. The van der Waals surface area contributed by atoms with Crippen molar-refractivity contribution in [2.24, 2.45) is 0 Å². The smallest absolute Gasteiger partial charge is 0.150 e. The third-order valence-electron chi connectivity index (χ3n) is 1.61. The van der Waals surface area contributed by atoms with Crippen LogP contribution in [0.15, 0.2) is 18.2 Å². The molecule has 0 spiro atoms. The molecule has 2 nitrogen and oxygen atoms in total. The molecule has 50 valence electrons. The molecule has 0 radical (unpaired) electrons. The molecule has 0 aliphatic carbocycles. The second-order valence-corrected chi connectivity index (χ2v) is 2.27. The molecule has 2 rings (SSSR count). The Kier molecular flexibility index (Phi) is 1.01. The molecule has 0 N–H and O–H groups in total. The summed E-state index contributed by atoms with van der Waals surface area (Å²) in [6, 6.07) is 5.47. The van der Waals surface area contributed by atoms with E-state index in [1.54, 1.807) is 12.1 Å². The summed E-state index contributed by atoms with van der Waals surface area (Å²) in [5, 5.41) is 0. The first-order valence-electron chi connectivity index (χ1n) is 3.11. The predicted molar refractivity (Wildman–Crippen MR) is 36.2 cm³/mol. The number of hydrogen-bond acceptors (Lipinski definition) is 2. The van der Waals surface area contributed by atoms with E-state index in [-0.39, 0.29) is 0 Å². The molecule has 1 aromatic carbocycles. The molecular weight excluding hydrogens is 128 g/mol. The van der Waals surface area contributed by atoms with Crippen LogP contribution in [0.5, 0.6) is 5.75 Å². The quantitative estimate of drug-likeness (QED) is 0.542. The van der Waals surface area contributed by atoms with Gasteiger partial charge in [0.2, 0.25) is 0 Å². The molecule has 0 saturated heterocycles. The molecule has 0 atom stereocenters. The number of aldehydes is 1. The number of rotatable bonds is 1. The van der Waals surface area contributed by atoms with Crippen molar-refractivity contribution < 1.29 is 9.53 Å². The average molecular weight is 134 g/mol. The predicted octanol–water partition coefficient (Wildman–Crippen LogP) is 1.39. The van der Waals surface area contributed by atoms with E-state index in [4.69, 9.17) is 4.74 Å². The minimum Gasteiger partial charge on any atom is -0.488 e. The van der Waals surface area contributed by atoms with Gasteiger partial charge in [-0.15, -0.1) is 0 Å². The minimum absolute atomic E-state index is 0.679. The van der Waals surface area contributed by atoms with Crippen LogP contribution >= 0.6 is 0 Å². The first-order chi connectivity index (χ1) is 4.90. The molecular formula is C8H6O2. The second kappa shape index (κ2) is 1.84. The van der Waals surface area contributed by atoms with Gasteiger partial charge in [-0.2, -0.15) is 0 Å². The van der Waals surface area contributed by atoms with E-state index >= 15 is 0 Å². The molecule has 0 saturated carbocycles. The molecule has 0 fully saturated rings. The summed E-state index contributed by atoms with van der Waals surface area (Å²) in [6.07, 6.45) is 0.821. The van der Waals surface area contributed by atoms with E-state index < -0.39 is 0 Å². The Morgan fingerprint density at radius 1 is 1.50 bits per heavy atom. The zero-order valence-corrected chi connectivity index (χ0v) is 5.33. The van der Waals surface area contributed by atoms with Gasteiger partial charge in [-0.1, -0.05) is 12.1 Å². The van der Waals surface area contributed by atoms with E-state index in [0.717, 1.165) is 12.0 Å². The lowest BCUT2D eigenvalue weighted by atomic mass is 10.1. The summed E-state index contributed by atoms with van der Waals surface area (Å²) in [4.78, 5) is 10.2. The molecule has 0 amide bonds. The Morgan fingerprint density at radius 2 is 2.40 bits per heavy atom. The van der Waals surface area contributed by atoms with Crippen molar-refractivity contribution in [1.29, 1.82) is 0 Å². The average Bonchev–Trinajstić information content (AvgIpc) is 1.92. The van der Waals surface area contributed by atoms with Gasteiger partial charge in [0.15, 0.2) is 0 Å². The Balaban J connectivity index is 2.51. The lowest BCUT2D eigenvalue weighted by molar-refractivity contribution is 0.112. The van der Waals surface area contributed by atoms with Crippen molar-refractivity contribution in [2.75, 3.05) is 0 Å². The van der Waals surface area contributed by atoms with Crippen molar-refractivity contribution in [3.05, 3.63) is 29.3 Å². The molecule has 1 aromatic rings. The summed E-state index contributed by atoms with van der Waals surface area (Å²) < 4.78 is 5.06. The van der Waals surface area contributed by atoms with E-state index in [9.17, 15) is 4.79 Å². The van der Waals surface area contributed by atoms with Crippen molar-refractivity contribution in [3.8, 4) is 5.75 Å². The number of benzene rings is 1. The van der Waals surface area contributed by atoms with Crippen molar-refractivity contribution in [1.82, 2.24) is 0 Å². The maximum Gasteiger partial charge on any atom is 0.150 e. The molecule has 1 aliphatic heterocycles. The van der Waals surface area contributed by atoms with E-state index in [1.807, 2.05) is 6.07 Å². The van der Waals surface area contributed by atoms with Crippen LogP contribution in [-0.4, -0.2) is 6.29 Å². The third-order valence-corrected chi connectivity index (χ3v) is 1.61. The van der Waals surface area contributed by atoms with E-state index in [2.05, 4.69) is 0 Å². The summed E-state index contributed by atoms with van der Waals surface area (Å²) >= 11 is 0. The minimum atomic E-state index is 0.679.